The van der Waals surface area contributed by atoms with Crippen molar-refractivity contribution in [2.24, 2.45) is 0 Å². The highest BCUT2D eigenvalue weighted by Gasteiger charge is 2.23. The van der Waals surface area contributed by atoms with E-state index in [1.54, 1.807) is 0 Å². The number of rotatable bonds is 4. The Hall–Kier alpha value is -0.0600. The predicted molar refractivity (Wildman–Crippen MR) is 78.6 cm³/mol. The molecule has 0 bridgehead atoms. The molecule has 0 saturated carbocycles. The van der Waals surface area contributed by atoms with Crippen LogP contribution in [0.25, 0.3) is 0 Å². The average molecular weight is 315 g/mol. The predicted octanol–water partition coefficient (Wildman–Crippen LogP) is 3.26. The molecular weight excluding hydrogens is 296 g/mol. The molecule has 4 heteroatoms. The van der Waals surface area contributed by atoms with E-state index in [1.807, 2.05) is 6.20 Å². The fourth-order valence-corrected chi connectivity index (χ4v) is 3.96. The summed E-state index contributed by atoms with van der Waals surface area (Å²) in [5, 5.41) is 4.21. The van der Waals surface area contributed by atoms with Crippen LogP contribution < -0.4 is 5.32 Å². The van der Waals surface area contributed by atoms with Crippen LogP contribution in [0.3, 0.4) is 0 Å². The van der Waals surface area contributed by atoms with E-state index < -0.39 is 0 Å². The second kappa shape index (κ2) is 6.76. The van der Waals surface area contributed by atoms with Gasteiger partial charge in [0, 0.05) is 34.1 Å². The molecule has 94 valence electrons. The van der Waals surface area contributed by atoms with E-state index in [1.165, 1.54) is 30.7 Å². The molecule has 1 aromatic heterocycles. The minimum absolute atomic E-state index is 0.550. The number of thioether (sulfide) groups is 1. The summed E-state index contributed by atoms with van der Waals surface area (Å²) >= 11 is 5.54. The topological polar surface area (TPSA) is 24.9 Å². The van der Waals surface area contributed by atoms with Crippen molar-refractivity contribution in [2.45, 2.75) is 37.0 Å². The zero-order valence-corrected chi connectivity index (χ0v) is 12.6. The number of nitrogens with zero attached hydrogens (tertiary/aromatic N) is 1. The quantitative estimate of drug-likeness (QED) is 0.923. The number of hydrogen-bond donors (Lipinski definition) is 1. The van der Waals surface area contributed by atoms with E-state index in [4.69, 9.17) is 0 Å². The molecule has 0 radical (unpaired) electrons. The molecule has 1 N–H and O–H groups in total. The maximum absolute atomic E-state index is 4.46. The lowest BCUT2D eigenvalue weighted by Gasteiger charge is -2.29. The standard InChI is InChI=1S/C13H19BrN2S/c1-15-12(13-4-2-3-7-17-13)8-11-6-5-10(14)9-16-11/h5-6,9,12-13,15H,2-4,7-8H2,1H3. The Bertz CT molecular complexity index is 336. The van der Waals surface area contributed by atoms with Crippen molar-refractivity contribution in [3.63, 3.8) is 0 Å². The molecule has 2 heterocycles. The molecule has 2 atom stereocenters. The van der Waals surface area contributed by atoms with Crippen LogP contribution in [0.1, 0.15) is 25.0 Å². The normalized spacial score (nSPS) is 22.4. The minimum atomic E-state index is 0.550. The zero-order valence-electron chi connectivity index (χ0n) is 10.2. The molecule has 1 fully saturated rings. The van der Waals surface area contributed by atoms with Crippen molar-refractivity contribution in [3.05, 3.63) is 28.5 Å². The van der Waals surface area contributed by atoms with E-state index in [0.717, 1.165) is 16.1 Å². The highest BCUT2D eigenvalue weighted by atomic mass is 79.9. The Morgan fingerprint density at radius 1 is 1.53 bits per heavy atom. The lowest BCUT2D eigenvalue weighted by molar-refractivity contribution is 0.491. The summed E-state index contributed by atoms with van der Waals surface area (Å²) in [6.45, 7) is 0. The second-order valence-electron chi connectivity index (χ2n) is 4.47. The van der Waals surface area contributed by atoms with Gasteiger partial charge in [-0.2, -0.15) is 11.8 Å². The minimum Gasteiger partial charge on any atom is -0.316 e. The van der Waals surface area contributed by atoms with Crippen LogP contribution in [0.15, 0.2) is 22.8 Å². The van der Waals surface area contributed by atoms with Crippen LogP contribution in [0.5, 0.6) is 0 Å². The highest BCUT2D eigenvalue weighted by Crippen LogP contribution is 2.28. The number of pyridine rings is 1. The van der Waals surface area contributed by atoms with Gasteiger partial charge >= 0.3 is 0 Å². The first-order chi connectivity index (χ1) is 8.29. The first kappa shape index (κ1) is 13.4. The fourth-order valence-electron chi connectivity index (χ4n) is 2.25. The van der Waals surface area contributed by atoms with Gasteiger partial charge in [-0.25, -0.2) is 0 Å². The van der Waals surface area contributed by atoms with Gasteiger partial charge in [0.25, 0.3) is 0 Å². The van der Waals surface area contributed by atoms with Gasteiger partial charge in [-0.05, 0) is 53.7 Å². The number of halogens is 1. The first-order valence-electron chi connectivity index (χ1n) is 6.19. The highest BCUT2D eigenvalue weighted by molar-refractivity contribution is 9.10. The lowest BCUT2D eigenvalue weighted by Crippen LogP contribution is -2.39. The summed E-state index contributed by atoms with van der Waals surface area (Å²) in [5.74, 6) is 1.32. The van der Waals surface area contributed by atoms with E-state index in [0.29, 0.717) is 6.04 Å². The maximum atomic E-state index is 4.46. The van der Waals surface area contributed by atoms with E-state index in [9.17, 15) is 0 Å². The van der Waals surface area contributed by atoms with Crippen molar-refractivity contribution in [2.75, 3.05) is 12.8 Å². The van der Waals surface area contributed by atoms with Gasteiger partial charge in [0.1, 0.15) is 0 Å². The third-order valence-corrected chi connectivity index (χ3v) is 5.24. The summed E-state index contributed by atoms with van der Waals surface area (Å²) < 4.78 is 1.05. The maximum Gasteiger partial charge on any atom is 0.0420 e. The van der Waals surface area contributed by atoms with E-state index in [-0.39, 0.29) is 0 Å². The van der Waals surface area contributed by atoms with E-state index >= 15 is 0 Å². The van der Waals surface area contributed by atoms with Crippen LogP contribution in [0.4, 0.5) is 0 Å². The molecule has 1 aliphatic heterocycles. The van der Waals surface area contributed by atoms with Crippen LogP contribution in [-0.4, -0.2) is 29.1 Å². The van der Waals surface area contributed by atoms with Crippen molar-refractivity contribution in [1.29, 1.82) is 0 Å². The number of aromatic nitrogens is 1. The molecule has 2 unspecified atom stereocenters. The fraction of sp³-hybridized carbons (Fsp3) is 0.615. The van der Waals surface area contributed by atoms with Gasteiger partial charge < -0.3 is 5.32 Å². The SMILES string of the molecule is CNC(Cc1ccc(Br)cn1)C1CCCCS1. The molecule has 17 heavy (non-hydrogen) atoms. The number of nitrogens with one attached hydrogen (secondary N) is 1. The summed E-state index contributed by atoms with van der Waals surface area (Å²) in [4.78, 5) is 4.46. The summed E-state index contributed by atoms with van der Waals surface area (Å²) in [7, 11) is 2.07. The van der Waals surface area contributed by atoms with Gasteiger partial charge in [-0.15, -0.1) is 0 Å². The van der Waals surface area contributed by atoms with Crippen LogP contribution in [0.2, 0.25) is 0 Å². The average Bonchev–Trinajstić information content (AvgIpc) is 2.39. The lowest BCUT2D eigenvalue weighted by atomic mass is 10.0. The van der Waals surface area contributed by atoms with Gasteiger partial charge in [-0.1, -0.05) is 6.42 Å². The van der Waals surface area contributed by atoms with E-state index in [2.05, 4.69) is 57.2 Å². The van der Waals surface area contributed by atoms with Crippen molar-refractivity contribution in [1.82, 2.24) is 10.3 Å². The molecule has 2 rings (SSSR count). The second-order valence-corrected chi connectivity index (χ2v) is 6.73. The molecule has 0 spiro atoms. The first-order valence-corrected chi connectivity index (χ1v) is 8.03. The summed E-state index contributed by atoms with van der Waals surface area (Å²) in [6.07, 6.45) is 7.02. The Kier molecular flexibility index (Phi) is 5.32. The smallest absolute Gasteiger partial charge is 0.0420 e. The van der Waals surface area contributed by atoms with Crippen LogP contribution in [-0.2, 0) is 6.42 Å². The molecule has 1 saturated heterocycles. The Morgan fingerprint density at radius 3 is 3.00 bits per heavy atom. The number of likely N-dealkylation sites (N-methyl/N-ethyl adjacent to an activating group) is 1. The number of hydrogen-bond acceptors (Lipinski definition) is 3. The monoisotopic (exact) mass is 314 g/mol. The van der Waals surface area contributed by atoms with Gasteiger partial charge in [0.15, 0.2) is 0 Å². The van der Waals surface area contributed by atoms with Crippen LogP contribution in [0, 0.1) is 0 Å². The molecular formula is C13H19BrN2S. The summed E-state index contributed by atoms with van der Waals surface area (Å²) in [5.41, 5.74) is 1.18. The van der Waals surface area contributed by atoms with Gasteiger partial charge in [0.2, 0.25) is 0 Å². The Labute approximate surface area is 116 Å². The van der Waals surface area contributed by atoms with Crippen LogP contribution >= 0.6 is 27.7 Å². The van der Waals surface area contributed by atoms with Gasteiger partial charge in [0.05, 0.1) is 0 Å². The molecule has 1 aliphatic rings. The molecule has 0 aromatic carbocycles. The van der Waals surface area contributed by atoms with Gasteiger partial charge in [-0.3, -0.25) is 4.98 Å². The van der Waals surface area contributed by atoms with Crippen molar-refractivity contribution < 1.29 is 0 Å². The van der Waals surface area contributed by atoms with Crippen molar-refractivity contribution in [3.8, 4) is 0 Å². The molecule has 0 aliphatic carbocycles. The molecule has 0 amide bonds. The third-order valence-electron chi connectivity index (χ3n) is 3.25. The Balaban J connectivity index is 1.96. The largest absolute Gasteiger partial charge is 0.316 e. The van der Waals surface area contributed by atoms with Crippen molar-refractivity contribution >= 4 is 27.7 Å². The molecule has 2 nitrogen and oxygen atoms in total. The third kappa shape index (κ3) is 3.97. The Morgan fingerprint density at radius 2 is 2.41 bits per heavy atom. The zero-order chi connectivity index (χ0) is 12.1. The summed E-state index contributed by atoms with van der Waals surface area (Å²) in [6, 6.07) is 4.74. The molecule has 1 aromatic rings.